The molecule has 0 aliphatic carbocycles. The Balaban J connectivity index is 1.66. The molecule has 0 atom stereocenters. The molecular weight excluding hydrogens is 431 g/mol. The molecule has 158 valence electrons. The van der Waals surface area contributed by atoms with Crippen LogP contribution in [-0.4, -0.2) is 38.1 Å². The first-order chi connectivity index (χ1) is 14.0. The lowest BCUT2D eigenvalue weighted by molar-refractivity contribution is -0.141. The van der Waals surface area contributed by atoms with Gasteiger partial charge in [-0.3, -0.25) is 4.79 Å². The van der Waals surface area contributed by atoms with Crippen molar-refractivity contribution in [2.45, 2.75) is 13.8 Å². The Bertz CT molecular complexity index is 775. The molecule has 2 aromatic carbocycles. The van der Waals surface area contributed by atoms with Crippen LogP contribution in [0.2, 0.25) is 0 Å². The van der Waals surface area contributed by atoms with Gasteiger partial charge in [-0.05, 0) is 62.1 Å². The topological polar surface area (TPSA) is 63.2 Å². The number of esters is 1. The van der Waals surface area contributed by atoms with Crippen LogP contribution in [0, 0.1) is 0 Å². The van der Waals surface area contributed by atoms with Gasteiger partial charge < -0.3 is 23.3 Å². The molecule has 2 rings (SSSR count). The fourth-order valence-electron chi connectivity index (χ4n) is 2.15. The monoisotopic (exact) mass is 456 g/mol. The predicted octanol–water partition coefficient (Wildman–Crippen LogP) is 5.43. The van der Waals surface area contributed by atoms with Crippen molar-refractivity contribution in [3.8, 4) is 17.2 Å². The van der Waals surface area contributed by atoms with Crippen LogP contribution in [0.5, 0.6) is 17.2 Å². The molecule has 29 heavy (non-hydrogen) atoms. The van der Waals surface area contributed by atoms with Crippen LogP contribution in [0.15, 0.2) is 54.6 Å². The van der Waals surface area contributed by atoms with Gasteiger partial charge in [-0.25, -0.2) is 0 Å². The molecule has 6 nitrogen and oxygen atoms in total. The molecule has 0 N–H and O–H groups in total. The second kappa shape index (κ2) is 12.9. The van der Waals surface area contributed by atoms with E-state index in [-0.39, 0.29) is 24.9 Å². The summed E-state index contributed by atoms with van der Waals surface area (Å²) in [5.74, 6) is 1.86. The number of hydrogen-bond donors (Lipinski definition) is 0. The summed E-state index contributed by atoms with van der Waals surface area (Å²) in [7, 11) is 0. The molecule has 0 radical (unpaired) electrons. The normalized spacial score (nSPS) is 11.1. The first kappa shape index (κ1) is 23.7. The zero-order valence-corrected chi connectivity index (χ0v) is 19.0. The zero-order chi connectivity index (χ0) is 21.0. The maximum Gasteiger partial charge on any atom is 0.316 e. The number of para-hydroxylation sites is 1. The smallest absolute Gasteiger partial charge is 0.316 e. The van der Waals surface area contributed by atoms with Crippen molar-refractivity contribution in [3.63, 3.8) is 0 Å². The molecule has 0 fully saturated rings. The lowest BCUT2D eigenvalue weighted by Gasteiger charge is -2.19. The highest BCUT2D eigenvalue weighted by Crippen LogP contribution is 2.60. The fourth-order valence-corrected chi connectivity index (χ4v) is 6.32. The van der Waals surface area contributed by atoms with Gasteiger partial charge in [0.2, 0.25) is 5.69 Å². The molecule has 0 saturated carbocycles. The van der Waals surface area contributed by atoms with E-state index in [1.54, 1.807) is 12.1 Å². The van der Waals surface area contributed by atoms with Crippen molar-refractivity contribution in [2.24, 2.45) is 0 Å². The minimum Gasteiger partial charge on any atom is -0.490 e. The van der Waals surface area contributed by atoms with Crippen molar-refractivity contribution in [2.75, 3.05) is 32.2 Å². The summed E-state index contributed by atoms with van der Waals surface area (Å²) < 4.78 is 27.4. The summed E-state index contributed by atoms with van der Waals surface area (Å²) in [5.41, 5.74) is -2.48. The van der Waals surface area contributed by atoms with Crippen LogP contribution in [0.3, 0.4) is 0 Å². The van der Waals surface area contributed by atoms with Crippen molar-refractivity contribution < 1.29 is 28.1 Å². The molecule has 0 bridgehead atoms. The van der Waals surface area contributed by atoms with Gasteiger partial charge in [0.15, 0.2) is 0 Å². The molecule has 0 aromatic heterocycles. The maximum atomic E-state index is 11.9. The van der Waals surface area contributed by atoms with Crippen molar-refractivity contribution >= 4 is 34.9 Å². The molecule has 0 unspecified atom stereocenters. The second-order valence-corrected chi connectivity index (χ2v) is 11.8. The molecule has 0 saturated heterocycles. The Morgan fingerprint density at radius 3 is 2.10 bits per heavy atom. The number of benzene rings is 2. The van der Waals surface area contributed by atoms with Gasteiger partial charge in [0.1, 0.15) is 36.2 Å². The summed E-state index contributed by atoms with van der Waals surface area (Å²) in [4.78, 5) is 11.9. The van der Waals surface area contributed by atoms with E-state index in [1.165, 1.54) is 11.4 Å². The molecule has 2 aromatic rings. The third-order valence-electron chi connectivity index (χ3n) is 3.33. The molecule has 9 heteroatoms. The summed E-state index contributed by atoms with van der Waals surface area (Å²) >= 11 is 6.55. The zero-order valence-electron chi connectivity index (χ0n) is 16.4. The first-order valence-corrected chi connectivity index (χ1v) is 13.4. The van der Waals surface area contributed by atoms with Gasteiger partial charge in [-0.2, -0.15) is 0 Å². The van der Waals surface area contributed by atoms with E-state index in [2.05, 4.69) is 0 Å². The van der Waals surface area contributed by atoms with Gasteiger partial charge in [0.05, 0.1) is 13.2 Å². The number of ether oxygens (including phenoxy) is 3. The Morgan fingerprint density at radius 2 is 1.48 bits per heavy atom. The van der Waals surface area contributed by atoms with E-state index in [0.29, 0.717) is 24.7 Å². The molecule has 0 aliphatic rings. The third-order valence-corrected chi connectivity index (χ3v) is 8.71. The average Bonchev–Trinajstić information content (AvgIpc) is 2.72. The number of carbonyl (C=O) groups is 1. The molecule has 0 heterocycles. The van der Waals surface area contributed by atoms with E-state index in [4.69, 9.17) is 35.1 Å². The lowest BCUT2D eigenvalue weighted by atomic mass is 10.3. The quantitative estimate of drug-likeness (QED) is 0.225. The Labute approximate surface area is 180 Å². The molecule has 0 spiro atoms. The first-order valence-electron chi connectivity index (χ1n) is 9.19. The van der Waals surface area contributed by atoms with Gasteiger partial charge in [-0.15, -0.1) is 0 Å². The van der Waals surface area contributed by atoms with E-state index in [9.17, 15) is 4.79 Å². The van der Waals surface area contributed by atoms with Crippen molar-refractivity contribution in [3.05, 3.63) is 54.6 Å². The predicted molar refractivity (Wildman–Crippen MR) is 119 cm³/mol. The van der Waals surface area contributed by atoms with Gasteiger partial charge >= 0.3 is 5.97 Å². The Morgan fingerprint density at radius 1 is 0.897 bits per heavy atom. The number of rotatable bonds is 13. The van der Waals surface area contributed by atoms with Gasteiger partial charge in [-0.1, -0.05) is 29.6 Å². The maximum absolute atomic E-state index is 11.9. The minimum atomic E-state index is -2.48. The molecule has 0 amide bonds. The summed E-state index contributed by atoms with van der Waals surface area (Å²) in [5, 5.41) is 0. The standard InChI is InChI=1S/C20H25O6PS2/c1-3-24-27(28,25-4-2)29-16-20(21)23-15-14-22-17-10-12-19(13-11-17)26-18-8-6-5-7-9-18/h5-13H,3-4,14-16H2,1-2H3. The highest BCUT2D eigenvalue weighted by atomic mass is 32.9. The Kier molecular flexibility index (Phi) is 10.5. The fraction of sp³-hybridized carbons (Fsp3) is 0.350. The van der Waals surface area contributed by atoms with E-state index >= 15 is 0 Å². The van der Waals surface area contributed by atoms with Gasteiger partial charge in [0, 0.05) is 0 Å². The van der Waals surface area contributed by atoms with E-state index in [0.717, 1.165) is 5.75 Å². The van der Waals surface area contributed by atoms with E-state index < -0.39 is 5.69 Å². The number of hydrogen-bond acceptors (Lipinski definition) is 8. The van der Waals surface area contributed by atoms with Gasteiger partial charge in [0.25, 0.3) is 0 Å². The number of carbonyl (C=O) groups excluding carboxylic acids is 1. The third kappa shape index (κ3) is 9.19. The molecule has 0 aliphatic heterocycles. The van der Waals surface area contributed by atoms with Crippen LogP contribution < -0.4 is 9.47 Å². The van der Waals surface area contributed by atoms with Crippen LogP contribution >= 0.6 is 17.1 Å². The molecular formula is C20H25O6PS2. The second-order valence-electron chi connectivity index (χ2n) is 5.51. The minimum absolute atomic E-state index is 0.0861. The SMILES string of the molecule is CCOP(=S)(OCC)SCC(=O)OCCOc1ccc(Oc2ccccc2)cc1. The van der Waals surface area contributed by atoms with Crippen LogP contribution in [-0.2, 0) is 30.4 Å². The van der Waals surface area contributed by atoms with Crippen LogP contribution in [0.25, 0.3) is 0 Å². The van der Waals surface area contributed by atoms with Crippen LogP contribution in [0.1, 0.15) is 13.8 Å². The lowest BCUT2D eigenvalue weighted by Crippen LogP contribution is -2.14. The summed E-state index contributed by atoms with van der Waals surface area (Å²) in [6, 6.07) is 16.8. The highest BCUT2D eigenvalue weighted by Gasteiger charge is 2.21. The summed E-state index contributed by atoms with van der Waals surface area (Å²) in [6.45, 7) is 4.98. The largest absolute Gasteiger partial charge is 0.490 e. The highest BCUT2D eigenvalue weighted by molar-refractivity contribution is 8.68. The average molecular weight is 457 g/mol. The van der Waals surface area contributed by atoms with Crippen LogP contribution in [0.4, 0.5) is 0 Å². The van der Waals surface area contributed by atoms with Crippen molar-refractivity contribution in [1.82, 2.24) is 0 Å². The van der Waals surface area contributed by atoms with E-state index in [1.807, 2.05) is 56.3 Å². The summed E-state index contributed by atoms with van der Waals surface area (Å²) in [6.07, 6.45) is 0. The van der Waals surface area contributed by atoms with Crippen molar-refractivity contribution in [1.29, 1.82) is 0 Å². The Hall–Kier alpha value is -1.57.